The van der Waals surface area contributed by atoms with Crippen molar-refractivity contribution in [2.24, 2.45) is 5.73 Å². The Morgan fingerprint density at radius 1 is 1.35 bits per heavy atom. The number of hydrogen-bond donors (Lipinski definition) is 2. The van der Waals surface area contributed by atoms with Crippen LogP contribution in [-0.4, -0.2) is 31.7 Å². The van der Waals surface area contributed by atoms with Gasteiger partial charge in [-0.2, -0.15) is 0 Å². The van der Waals surface area contributed by atoms with E-state index in [0.29, 0.717) is 26.2 Å². The lowest BCUT2D eigenvalue weighted by molar-refractivity contribution is -0.123. The lowest BCUT2D eigenvalue weighted by Gasteiger charge is -2.38. The summed E-state index contributed by atoms with van der Waals surface area (Å²) < 4.78 is 18.6. The molecule has 23 heavy (non-hydrogen) atoms. The number of nitrogens with two attached hydrogens (primary N) is 1. The third-order valence-corrected chi connectivity index (χ3v) is 4.44. The van der Waals surface area contributed by atoms with Crippen molar-refractivity contribution in [2.75, 3.05) is 19.8 Å². The molecule has 1 aromatic carbocycles. The summed E-state index contributed by atoms with van der Waals surface area (Å²) >= 11 is 0. The van der Waals surface area contributed by atoms with E-state index in [1.54, 1.807) is 12.1 Å². The maximum absolute atomic E-state index is 13.2. The van der Waals surface area contributed by atoms with E-state index in [-0.39, 0.29) is 29.5 Å². The SMILES string of the molecule is CCCC(N)C(=O)NCC1(c2ccc(F)cc2)CCOCC1.Cl. The Hall–Kier alpha value is -1.17. The first-order chi connectivity index (χ1) is 10.6. The Morgan fingerprint density at radius 2 is 1.96 bits per heavy atom. The van der Waals surface area contributed by atoms with E-state index >= 15 is 0 Å². The summed E-state index contributed by atoms with van der Waals surface area (Å²) in [4.78, 5) is 12.1. The van der Waals surface area contributed by atoms with Crippen LogP contribution in [0.25, 0.3) is 0 Å². The van der Waals surface area contributed by atoms with E-state index in [1.807, 2.05) is 6.92 Å². The van der Waals surface area contributed by atoms with Crippen molar-refractivity contribution in [3.63, 3.8) is 0 Å². The molecule has 1 aliphatic rings. The van der Waals surface area contributed by atoms with Gasteiger partial charge in [-0.3, -0.25) is 4.79 Å². The Bertz CT molecular complexity index is 490. The third kappa shape index (κ3) is 5.16. The van der Waals surface area contributed by atoms with Gasteiger partial charge in [0.1, 0.15) is 5.82 Å². The number of rotatable bonds is 6. The summed E-state index contributed by atoms with van der Waals surface area (Å²) in [6.45, 7) is 3.81. The van der Waals surface area contributed by atoms with Crippen LogP contribution in [0.1, 0.15) is 38.2 Å². The van der Waals surface area contributed by atoms with Crippen LogP contribution in [-0.2, 0) is 14.9 Å². The Labute approximate surface area is 143 Å². The fourth-order valence-electron chi connectivity index (χ4n) is 2.96. The number of benzene rings is 1. The molecular weight excluding hydrogens is 319 g/mol. The van der Waals surface area contributed by atoms with Gasteiger partial charge in [0.25, 0.3) is 0 Å². The van der Waals surface area contributed by atoms with E-state index in [1.165, 1.54) is 12.1 Å². The average Bonchev–Trinajstić information content (AvgIpc) is 2.54. The summed E-state index contributed by atoms with van der Waals surface area (Å²) in [5.74, 6) is -0.366. The topological polar surface area (TPSA) is 64.4 Å². The van der Waals surface area contributed by atoms with Crippen molar-refractivity contribution in [1.82, 2.24) is 5.32 Å². The molecule has 1 atom stereocenters. The van der Waals surface area contributed by atoms with Crippen molar-refractivity contribution >= 4 is 18.3 Å². The minimum Gasteiger partial charge on any atom is -0.381 e. The van der Waals surface area contributed by atoms with Crippen LogP contribution in [0, 0.1) is 5.82 Å². The molecule has 1 heterocycles. The minimum absolute atomic E-state index is 0. The molecule has 1 saturated heterocycles. The van der Waals surface area contributed by atoms with Gasteiger partial charge in [-0.15, -0.1) is 12.4 Å². The largest absolute Gasteiger partial charge is 0.381 e. The number of carbonyl (C=O) groups is 1. The molecule has 0 saturated carbocycles. The van der Waals surface area contributed by atoms with Gasteiger partial charge in [-0.1, -0.05) is 25.5 Å². The molecule has 0 bridgehead atoms. The summed E-state index contributed by atoms with van der Waals surface area (Å²) in [5, 5.41) is 2.98. The number of hydrogen-bond acceptors (Lipinski definition) is 3. The van der Waals surface area contributed by atoms with E-state index in [4.69, 9.17) is 10.5 Å². The fraction of sp³-hybridized carbons (Fsp3) is 0.588. The average molecular weight is 345 g/mol. The summed E-state index contributed by atoms with van der Waals surface area (Å²) in [6.07, 6.45) is 3.17. The Kier molecular flexibility index (Phi) is 7.95. The molecule has 0 aromatic heterocycles. The molecule has 0 radical (unpaired) electrons. The fourth-order valence-corrected chi connectivity index (χ4v) is 2.96. The van der Waals surface area contributed by atoms with Crippen LogP contribution >= 0.6 is 12.4 Å². The number of ether oxygens (including phenoxy) is 1. The Balaban J connectivity index is 0.00000264. The zero-order valence-corrected chi connectivity index (χ0v) is 14.3. The first-order valence-electron chi connectivity index (χ1n) is 7.94. The second-order valence-corrected chi connectivity index (χ2v) is 6.01. The van der Waals surface area contributed by atoms with Crippen LogP contribution in [0.2, 0.25) is 0 Å². The maximum Gasteiger partial charge on any atom is 0.236 e. The molecular formula is C17H26ClFN2O2. The highest BCUT2D eigenvalue weighted by atomic mass is 35.5. The van der Waals surface area contributed by atoms with Crippen molar-refractivity contribution < 1.29 is 13.9 Å². The number of amides is 1. The van der Waals surface area contributed by atoms with Crippen LogP contribution in [0.4, 0.5) is 4.39 Å². The molecule has 1 aliphatic heterocycles. The predicted octanol–water partition coefficient (Wildman–Crippen LogP) is 2.54. The number of halogens is 2. The Morgan fingerprint density at radius 3 is 2.52 bits per heavy atom. The molecule has 6 heteroatoms. The molecule has 0 aliphatic carbocycles. The number of carbonyl (C=O) groups excluding carboxylic acids is 1. The quantitative estimate of drug-likeness (QED) is 0.833. The van der Waals surface area contributed by atoms with E-state index in [0.717, 1.165) is 24.8 Å². The van der Waals surface area contributed by atoms with Crippen molar-refractivity contribution in [2.45, 2.75) is 44.1 Å². The van der Waals surface area contributed by atoms with Gasteiger partial charge in [0.15, 0.2) is 0 Å². The lowest BCUT2D eigenvalue weighted by Crippen LogP contribution is -2.48. The monoisotopic (exact) mass is 344 g/mol. The normalized spacial score (nSPS) is 17.9. The van der Waals surface area contributed by atoms with E-state index in [9.17, 15) is 9.18 Å². The maximum atomic E-state index is 13.2. The zero-order valence-electron chi connectivity index (χ0n) is 13.5. The summed E-state index contributed by atoms with van der Waals surface area (Å²) in [6, 6.07) is 6.08. The molecule has 130 valence electrons. The molecule has 1 unspecified atom stereocenters. The van der Waals surface area contributed by atoms with Gasteiger partial charge >= 0.3 is 0 Å². The van der Waals surface area contributed by atoms with Crippen LogP contribution in [0.15, 0.2) is 24.3 Å². The van der Waals surface area contributed by atoms with Gasteiger partial charge in [0.05, 0.1) is 6.04 Å². The molecule has 1 fully saturated rings. The lowest BCUT2D eigenvalue weighted by atomic mass is 9.74. The zero-order chi connectivity index (χ0) is 16.0. The second-order valence-electron chi connectivity index (χ2n) is 6.01. The van der Waals surface area contributed by atoms with Gasteiger partial charge < -0.3 is 15.8 Å². The van der Waals surface area contributed by atoms with Crippen LogP contribution in [0.5, 0.6) is 0 Å². The predicted molar refractivity (Wildman–Crippen MR) is 91.3 cm³/mol. The van der Waals surface area contributed by atoms with Gasteiger partial charge in [0.2, 0.25) is 5.91 Å². The highest BCUT2D eigenvalue weighted by Crippen LogP contribution is 2.34. The molecule has 2 rings (SSSR count). The molecule has 3 N–H and O–H groups in total. The number of nitrogens with one attached hydrogen (secondary N) is 1. The van der Waals surface area contributed by atoms with Crippen molar-refractivity contribution in [3.05, 3.63) is 35.6 Å². The molecule has 0 spiro atoms. The summed E-state index contributed by atoms with van der Waals surface area (Å²) in [7, 11) is 0. The van der Waals surface area contributed by atoms with Crippen molar-refractivity contribution in [1.29, 1.82) is 0 Å². The van der Waals surface area contributed by atoms with Crippen molar-refractivity contribution in [3.8, 4) is 0 Å². The first kappa shape index (κ1) is 19.9. The van der Waals surface area contributed by atoms with Gasteiger partial charge in [0, 0.05) is 25.2 Å². The second kappa shape index (κ2) is 9.21. The third-order valence-electron chi connectivity index (χ3n) is 4.44. The standard InChI is InChI=1S/C17H25FN2O2.ClH/c1-2-3-15(19)16(21)20-12-17(8-10-22-11-9-17)13-4-6-14(18)7-5-13;/h4-7,15H,2-3,8-12,19H2,1H3,(H,20,21);1H. The molecule has 1 aromatic rings. The molecule has 1 amide bonds. The van der Waals surface area contributed by atoms with E-state index < -0.39 is 6.04 Å². The van der Waals surface area contributed by atoms with Crippen LogP contribution < -0.4 is 11.1 Å². The first-order valence-corrected chi connectivity index (χ1v) is 7.94. The molecule has 4 nitrogen and oxygen atoms in total. The van der Waals surface area contributed by atoms with Gasteiger partial charge in [-0.05, 0) is 37.0 Å². The minimum atomic E-state index is -0.463. The van der Waals surface area contributed by atoms with Gasteiger partial charge in [-0.25, -0.2) is 4.39 Å². The summed E-state index contributed by atoms with van der Waals surface area (Å²) in [5.41, 5.74) is 6.70. The van der Waals surface area contributed by atoms with E-state index in [2.05, 4.69) is 5.32 Å². The smallest absolute Gasteiger partial charge is 0.236 e. The van der Waals surface area contributed by atoms with Crippen LogP contribution in [0.3, 0.4) is 0 Å². The highest BCUT2D eigenvalue weighted by Gasteiger charge is 2.35. The highest BCUT2D eigenvalue weighted by molar-refractivity contribution is 5.85.